The third-order valence-electron chi connectivity index (χ3n) is 7.35. The number of anilines is 2. The molecule has 0 saturated carbocycles. The highest BCUT2D eigenvalue weighted by Crippen LogP contribution is 2.24. The molecule has 3 aromatic rings. The van der Waals surface area contributed by atoms with E-state index in [0.29, 0.717) is 6.54 Å². The second-order valence-corrected chi connectivity index (χ2v) is 9.43. The first kappa shape index (κ1) is 22.6. The van der Waals surface area contributed by atoms with E-state index >= 15 is 0 Å². The molecule has 2 aromatic heterocycles. The molecule has 2 fully saturated rings. The van der Waals surface area contributed by atoms with Gasteiger partial charge in [-0.15, -0.1) is 15.3 Å². The minimum Gasteiger partial charge on any atom is -0.369 e. The van der Waals surface area contributed by atoms with Crippen LogP contribution in [0.5, 0.6) is 0 Å². The zero-order valence-corrected chi connectivity index (χ0v) is 20.2. The van der Waals surface area contributed by atoms with Gasteiger partial charge in [0, 0.05) is 64.0 Å². The third-order valence-corrected chi connectivity index (χ3v) is 7.35. The van der Waals surface area contributed by atoms with Crippen LogP contribution in [0.25, 0.3) is 5.65 Å². The zero-order chi connectivity index (χ0) is 23.5. The number of hydrogen-bond acceptors (Lipinski definition) is 7. The standard InChI is InChI=1S/C25H34N8O/c1-19-4-3-5-22(20(19)2)31-16-14-30(15-17-31)13-10-26-25(34)21-8-11-32(12-9-21)24-7-6-23-28-27-18-33(23)29-24/h3-7,18,21H,8-17H2,1-2H3,(H,26,34). The lowest BCUT2D eigenvalue weighted by atomic mass is 9.96. The number of rotatable bonds is 6. The first-order valence-electron chi connectivity index (χ1n) is 12.3. The van der Waals surface area contributed by atoms with Crippen LogP contribution >= 0.6 is 0 Å². The SMILES string of the molecule is Cc1cccc(N2CCN(CCNC(=O)C3CCN(c4ccc5nncn5n4)CC3)CC2)c1C. The summed E-state index contributed by atoms with van der Waals surface area (Å²) in [6.07, 6.45) is 3.31. The average molecular weight is 463 g/mol. The number of nitrogens with one attached hydrogen (secondary N) is 1. The van der Waals surface area contributed by atoms with Crippen LogP contribution in [0.1, 0.15) is 24.0 Å². The van der Waals surface area contributed by atoms with Crippen molar-refractivity contribution in [2.24, 2.45) is 5.92 Å². The first-order valence-corrected chi connectivity index (χ1v) is 12.3. The van der Waals surface area contributed by atoms with E-state index in [1.807, 2.05) is 12.1 Å². The normalized spacial score (nSPS) is 17.9. The quantitative estimate of drug-likeness (QED) is 0.599. The van der Waals surface area contributed by atoms with Gasteiger partial charge in [-0.3, -0.25) is 9.69 Å². The van der Waals surface area contributed by atoms with Crippen molar-refractivity contribution in [3.63, 3.8) is 0 Å². The minimum absolute atomic E-state index is 0.0797. The molecule has 0 radical (unpaired) electrons. The van der Waals surface area contributed by atoms with Crippen molar-refractivity contribution >= 4 is 23.1 Å². The molecule has 5 rings (SSSR count). The Morgan fingerprint density at radius 1 is 1.00 bits per heavy atom. The Bertz CT molecular complexity index is 1130. The summed E-state index contributed by atoms with van der Waals surface area (Å²) in [6.45, 7) is 11.8. The molecule has 0 atom stereocenters. The fourth-order valence-electron chi connectivity index (χ4n) is 5.03. The molecule has 2 aliphatic rings. The van der Waals surface area contributed by atoms with Crippen molar-refractivity contribution in [3.8, 4) is 0 Å². The summed E-state index contributed by atoms with van der Waals surface area (Å²) >= 11 is 0. The van der Waals surface area contributed by atoms with Crippen molar-refractivity contribution in [3.05, 3.63) is 47.8 Å². The van der Waals surface area contributed by atoms with Crippen molar-refractivity contribution in [2.75, 3.05) is 62.2 Å². The van der Waals surface area contributed by atoms with Crippen LogP contribution in [-0.4, -0.2) is 83.0 Å². The van der Waals surface area contributed by atoms with E-state index in [1.165, 1.54) is 16.8 Å². The molecule has 0 bridgehead atoms. The zero-order valence-electron chi connectivity index (χ0n) is 20.2. The predicted octanol–water partition coefficient (Wildman–Crippen LogP) is 1.90. The molecule has 34 heavy (non-hydrogen) atoms. The molecule has 0 unspecified atom stereocenters. The van der Waals surface area contributed by atoms with E-state index in [0.717, 1.165) is 70.1 Å². The van der Waals surface area contributed by atoms with Crippen LogP contribution in [-0.2, 0) is 4.79 Å². The van der Waals surface area contributed by atoms with Crippen LogP contribution in [0.2, 0.25) is 0 Å². The number of piperidine rings is 1. The maximum absolute atomic E-state index is 12.7. The second-order valence-electron chi connectivity index (χ2n) is 9.43. The molecular formula is C25H34N8O. The van der Waals surface area contributed by atoms with Gasteiger partial charge < -0.3 is 15.1 Å². The average Bonchev–Trinajstić information content (AvgIpc) is 3.34. The van der Waals surface area contributed by atoms with Crippen molar-refractivity contribution in [1.29, 1.82) is 0 Å². The summed E-state index contributed by atoms with van der Waals surface area (Å²) in [5.41, 5.74) is 4.83. The Morgan fingerprint density at radius 2 is 1.79 bits per heavy atom. The van der Waals surface area contributed by atoms with Crippen LogP contribution in [0.4, 0.5) is 11.5 Å². The maximum Gasteiger partial charge on any atom is 0.223 e. The lowest BCUT2D eigenvalue weighted by Gasteiger charge is -2.37. The molecule has 1 N–H and O–H groups in total. The number of benzene rings is 1. The number of piperazine rings is 1. The number of hydrogen-bond donors (Lipinski definition) is 1. The fraction of sp³-hybridized carbons (Fsp3) is 0.520. The topological polar surface area (TPSA) is 81.9 Å². The Hall–Kier alpha value is -3.20. The highest BCUT2D eigenvalue weighted by molar-refractivity contribution is 5.79. The summed E-state index contributed by atoms with van der Waals surface area (Å²) in [4.78, 5) is 19.9. The number of carbonyl (C=O) groups excluding carboxylic acids is 1. The molecule has 9 heteroatoms. The van der Waals surface area contributed by atoms with Gasteiger partial charge >= 0.3 is 0 Å². The Kier molecular flexibility index (Phi) is 6.62. The molecule has 180 valence electrons. The summed E-state index contributed by atoms with van der Waals surface area (Å²) in [5, 5.41) is 15.6. The van der Waals surface area contributed by atoms with Gasteiger partial charge in [0.25, 0.3) is 0 Å². The second kappa shape index (κ2) is 9.97. The van der Waals surface area contributed by atoms with Gasteiger partial charge in [0.15, 0.2) is 5.65 Å². The van der Waals surface area contributed by atoms with Gasteiger partial charge in [0.05, 0.1) is 0 Å². The summed E-state index contributed by atoms with van der Waals surface area (Å²) < 4.78 is 1.69. The van der Waals surface area contributed by atoms with Crippen molar-refractivity contribution < 1.29 is 4.79 Å². The molecule has 1 aromatic carbocycles. The number of carbonyl (C=O) groups is 1. The Labute approximate surface area is 200 Å². The van der Waals surface area contributed by atoms with Crippen LogP contribution in [0.3, 0.4) is 0 Å². The highest BCUT2D eigenvalue weighted by Gasteiger charge is 2.26. The van der Waals surface area contributed by atoms with Gasteiger partial charge in [0.2, 0.25) is 5.91 Å². The number of fused-ring (bicyclic) bond motifs is 1. The molecule has 1 amide bonds. The van der Waals surface area contributed by atoms with Crippen LogP contribution < -0.4 is 15.1 Å². The van der Waals surface area contributed by atoms with E-state index in [-0.39, 0.29) is 11.8 Å². The van der Waals surface area contributed by atoms with Crippen molar-refractivity contribution in [2.45, 2.75) is 26.7 Å². The minimum atomic E-state index is 0.0797. The summed E-state index contributed by atoms with van der Waals surface area (Å²) in [7, 11) is 0. The van der Waals surface area contributed by atoms with Crippen LogP contribution in [0.15, 0.2) is 36.7 Å². The van der Waals surface area contributed by atoms with Gasteiger partial charge in [-0.1, -0.05) is 12.1 Å². The first-order chi connectivity index (χ1) is 16.6. The summed E-state index contributed by atoms with van der Waals surface area (Å²) in [5.74, 6) is 1.18. The Balaban J connectivity index is 1.03. The number of aryl methyl sites for hydroxylation is 1. The number of aromatic nitrogens is 4. The third kappa shape index (κ3) is 4.84. The molecule has 2 saturated heterocycles. The van der Waals surface area contributed by atoms with Crippen LogP contribution in [0, 0.1) is 19.8 Å². The lowest BCUT2D eigenvalue weighted by molar-refractivity contribution is -0.125. The Morgan fingerprint density at radius 3 is 2.59 bits per heavy atom. The van der Waals surface area contributed by atoms with E-state index in [2.05, 4.69) is 67.4 Å². The largest absolute Gasteiger partial charge is 0.369 e. The van der Waals surface area contributed by atoms with E-state index in [4.69, 9.17) is 0 Å². The molecule has 4 heterocycles. The van der Waals surface area contributed by atoms with Gasteiger partial charge in [-0.05, 0) is 56.0 Å². The number of amides is 1. The molecule has 2 aliphatic heterocycles. The van der Waals surface area contributed by atoms with Gasteiger partial charge in [0.1, 0.15) is 12.1 Å². The lowest BCUT2D eigenvalue weighted by Crippen LogP contribution is -2.49. The van der Waals surface area contributed by atoms with E-state index in [9.17, 15) is 4.79 Å². The summed E-state index contributed by atoms with van der Waals surface area (Å²) in [6, 6.07) is 10.5. The number of nitrogens with zero attached hydrogens (tertiary/aromatic N) is 7. The highest BCUT2D eigenvalue weighted by atomic mass is 16.1. The van der Waals surface area contributed by atoms with E-state index < -0.39 is 0 Å². The molecule has 0 aliphatic carbocycles. The monoisotopic (exact) mass is 462 g/mol. The molecule has 0 spiro atoms. The van der Waals surface area contributed by atoms with Crippen molar-refractivity contribution in [1.82, 2.24) is 30.0 Å². The smallest absolute Gasteiger partial charge is 0.223 e. The van der Waals surface area contributed by atoms with Gasteiger partial charge in [-0.2, -0.15) is 4.52 Å². The maximum atomic E-state index is 12.7. The van der Waals surface area contributed by atoms with Gasteiger partial charge in [-0.25, -0.2) is 0 Å². The molecular weight excluding hydrogens is 428 g/mol. The predicted molar refractivity (Wildman–Crippen MR) is 133 cm³/mol. The molecule has 9 nitrogen and oxygen atoms in total. The fourth-order valence-corrected chi connectivity index (χ4v) is 5.03. The van der Waals surface area contributed by atoms with E-state index in [1.54, 1.807) is 10.8 Å².